The normalized spacial score (nSPS) is 11.2. The van der Waals surface area contributed by atoms with Gasteiger partial charge in [-0.15, -0.1) is 11.3 Å². The number of aryl methyl sites for hydroxylation is 1. The lowest BCUT2D eigenvalue weighted by atomic mass is 10.1. The number of hydrogen-bond acceptors (Lipinski definition) is 5. The molecule has 4 rings (SSSR count). The van der Waals surface area contributed by atoms with Crippen molar-refractivity contribution in [2.24, 2.45) is 0 Å². The molecule has 0 aliphatic carbocycles. The molecule has 7 heteroatoms. The third-order valence-corrected chi connectivity index (χ3v) is 6.10. The molecule has 152 valence electrons. The van der Waals surface area contributed by atoms with Crippen LogP contribution in [0.15, 0.2) is 59.4 Å². The summed E-state index contributed by atoms with van der Waals surface area (Å²) in [6.07, 6.45) is 0. The van der Waals surface area contributed by atoms with E-state index in [1.54, 1.807) is 24.3 Å². The standard InChI is InChI=1S/C23H22N4O2S/c1-4-27-22(29)17-13-9-8-12-16(17)19(26-27)21(28)25-23-24-18(20(30-23)14(2)3)15-10-6-5-7-11-15/h5-14H,4H2,1-3H3,(H,24,25,28). The average molecular weight is 419 g/mol. The Morgan fingerprint density at radius 2 is 1.73 bits per heavy atom. The van der Waals surface area contributed by atoms with Crippen LogP contribution in [0.2, 0.25) is 0 Å². The summed E-state index contributed by atoms with van der Waals surface area (Å²) in [5.74, 6) is -0.110. The minimum absolute atomic E-state index is 0.202. The van der Waals surface area contributed by atoms with Crippen LogP contribution >= 0.6 is 11.3 Å². The zero-order chi connectivity index (χ0) is 21.3. The Morgan fingerprint density at radius 1 is 1.07 bits per heavy atom. The van der Waals surface area contributed by atoms with Gasteiger partial charge in [0.05, 0.1) is 11.1 Å². The highest BCUT2D eigenvalue weighted by Crippen LogP contribution is 2.36. The number of carbonyl (C=O) groups excluding carboxylic acids is 1. The number of amides is 1. The lowest BCUT2D eigenvalue weighted by Gasteiger charge is -2.09. The monoisotopic (exact) mass is 418 g/mol. The fourth-order valence-corrected chi connectivity index (χ4v) is 4.34. The van der Waals surface area contributed by atoms with Crippen LogP contribution in [-0.4, -0.2) is 20.7 Å². The van der Waals surface area contributed by atoms with Crippen LogP contribution in [0.3, 0.4) is 0 Å². The van der Waals surface area contributed by atoms with Gasteiger partial charge >= 0.3 is 0 Å². The minimum Gasteiger partial charge on any atom is -0.296 e. The predicted octanol–water partition coefficient (Wildman–Crippen LogP) is 4.92. The van der Waals surface area contributed by atoms with Crippen LogP contribution in [0.4, 0.5) is 5.13 Å². The van der Waals surface area contributed by atoms with Gasteiger partial charge in [0, 0.05) is 22.4 Å². The summed E-state index contributed by atoms with van der Waals surface area (Å²) in [7, 11) is 0. The predicted molar refractivity (Wildman–Crippen MR) is 121 cm³/mol. The zero-order valence-electron chi connectivity index (χ0n) is 17.0. The van der Waals surface area contributed by atoms with Gasteiger partial charge in [-0.25, -0.2) is 9.67 Å². The van der Waals surface area contributed by atoms with Crippen LogP contribution in [0.1, 0.15) is 42.1 Å². The van der Waals surface area contributed by atoms with E-state index in [-0.39, 0.29) is 23.1 Å². The van der Waals surface area contributed by atoms with Crippen molar-refractivity contribution in [1.29, 1.82) is 0 Å². The van der Waals surface area contributed by atoms with E-state index < -0.39 is 0 Å². The largest absolute Gasteiger partial charge is 0.296 e. The second kappa shape index (κ2) is 8.20. The number of fused-ring (bicyclic) bond motifs is 1. The van der Waals surface area contributed by atoms with E-state index in [0.29, 0.717) is 22.4 Å². The third-order valence-electron chi connectivity index (χ3n) is 4.83. The number of rotatable bonds is 5. The molecule has 0 aliphatic heterocycles. The maximum atomic E-state index is 13.1. The van der Waals surface area contributed by atoms with E-state index in [9.17, 15) is 9.59 Å². The molecule has 2 aromatic carbocycles. The molecule has 0 bridgehead atoms. The molecule has 0 radical (unpaired) electrons. The maximum Gasteiger partial charge on any atom is 0.278 e. The molecular weight excluding hydrogens is 396 g/mol. The molecule has 0 fully saturated rings. The van der Waals surface area contributed by atoms with Gasteiger partial charge in [-0.1, -0.05) is 62.4 Å². The van der Waals surface area contributed by atoms with Gasteiger partial charge in [-0.3, -0.25) is 14.9 Å². The smallest absolute Gasteiger partial charge is 0.278 e. The first-order valence-corrected chi connectivity index (χ1v) is 10.7. The number of nitrogens with zero attached hydrogens (tertiary/aromatic N) is 3. The SMILES string of the molecule is CCn1nc(C(=O)Nc2nc(-c3ccccc3)c(C(C)C)s2)c2ccccc2c1=O. The Bertz CT molecular complexity index is 1280. The zero-order valence-corrected chi connectivity index (χ0v) is 17.9. The van der Waals surface area contributed by atoms with Gasteiger partial charge in [-0.05, 0) is 18.9 Å². The van der Waals surface area contributed by atoms with E-state index in [1.807, 2.05) is 37.3 Å². The fourth-order valence-electron chi connectivity index (χ4n) is 3.35. The second-order valence-electron chi connectivity index (χ2n) is 7.22. The summed E-state index contributed by atoms with van der Waals surface area (Å²) < 4.78 is 1.31. The number of thiazole rings is 1. The highest BCUT2D eigenvalue weighted by molar-refractivity contribution is 7.16. The summed E-state index contributed by atoms with van der Waals surface area (Å²) in [5, 5.41) is 8.73. The first-order chi connectivity index (χ1) is 14.5. The molecule has 0 aliphatic rings. The van der Waals surface area contributed by atoms with Gasteiger partial charge < -0.3 is 0 Å². The number of nitrogens with one attached hydrogen (secondary N) is 1. The summed E-state index contributed by atoms with van der Waals surface area (Å²) in [5.41, 5.74) is 1.91. The van der Waals surface area contributed by atoms with Gasteiger partial charge in [0.2, 0.25) is 0 Å². The van der Waals surface area contributed by atoms with Gasteiger partial charge in [0.1, 0.15) is 0 Å². The fraction of sp³-hybridized carbons (Fsp3) is 0.217. The molecule has 4 aromatic rings. The average Bonchev–Trinajstić information content (AvgIpc) is 3.19. The van der Waals surface area contributed by atoms with Crippen molar-refractivity contribution in [2.75, 3.05) is 5.32 Å². The van der Waals surface area contributed by atoms with Crippen LogP contribution in [0.25, 0.3) is 22.0 Å². The summed E-state index contributed by atoms with van der Waals surface area (Å²) in [6, 6.07) is 17.0. The first-order valence-electron chi connectivity index (χ1n) is 9.87. The molecular formula is C23H22N4O2S. The lowest BCUT2D eigenvalue weighted by molar-refractivity contribution is 0.102. The van der Waals surface area contributed by atoms with Crippen LogP contribution in [-0.2, 0) is 6.54 Å². The topological polar surface area (TPSA) is 76.9 Å². The molecule has 0 atom stereocenters. The Labute approximate surface area is 178 Å². The maximum absolute atomic E-state index is 13.1. The Kier molecular flexibility index (Phi) is 5.46. The number of benzene rings is 2. The van der Waals surface area contributed by atoms with E-state index >= 15 is 0 Å². The van der Waals surface area contributed by atoms with Crippen molar-refractivity contribution in [3.8, 4) is 11.3 Å². The summed E-state index contributed by atoms with van der Waals surface area (Å²) in [4.78, 5) is 31.4. The number of carbonyl (C=O) groups is 1. The molecule has 2 heterocycles. The van der Waals surface area contributed by atoms with Crippen molar-refractivity contribution in [3.63, 3.8) is 0 Å². The van der Waals surface area contributed by atoms with Crippen molar-refractivity contribution in [2.45, 2.75) is 33.2 Å². The van der Waals surface area contributed by atoms with E-state index in [4.69, 9.17) is 4.98 Å². The lowest BCUT2D eigenvalue weighted by Crippen LogP contribution is -2.27. The number of hydrogen-bond donors (Lipinski definition) is 1. The van der Waals surface area contributed by atoms with Crippen molar-refractivity contribution < 1.29 is 4.79 Å². The van der Waals surface area contributed by atoms with Crippen molar-refractivity contribution >= 4 is 33.1 Å². The quantitative estimate of drug-likeness (QED) is 0.499. The molecule has 0 saturated carbocycles. The molecule has 30 heavy (non-hydrogen) atoms. The Morgan fingerprint density at radius 3 is 2.40 bits per heavy atom. The molecule has 0 saturated heterocycles. The van der Waals surface area contributed by atoms with E-state index in [2.05, 4.69) is 24.3 Å². The van der Waals surface area contributed by atoms with E-state index in [1.165, 1.54) is 16.0 Å². The highest BCUT2D eigenvalue weighted by atomic mass is 32.1. The van der Waals surface area contributed by atoms with Gasteiger partial charge in [0.15, 0.2) is 10.8 Å². The highest BCUT2D eigenvalue weighted by Gasteiger charge is 2.20. The third kappa shape index (κ3) is 3.64. The molecule has 0 unspecified atom stereocenters. The molecule has 1 amide bonds. The van der Waals surface area contributed by atoms with Crippen molar-refractivity contribution in [1.82, 2.24) is 14.8 Å². The van der Waals surface area contributed by atoms with Gasteiger partial charge in [-0.2, -0.15) is 5.10 Å². The minimum atomic E-state index is -0.378. The van der Waals surface area contributed by atoms with Crippen LogP contribution in [0, 0.1) is 0 Å². The molecule has 6 nitrogen and oxygen atoms in total. The Hall–Kier alpha value is -3.32. The number of aromatic nitrogens is 3. The number of anilines is 1. The molecule has 1 N–H and O–H groups in total. The first kappa shape index (κ1) is 20.0. The van der Waals surface area contributed by atoms with Crippen LogP contribution < -0.4 is 10.9 Å². The molecule has 0 spiro atoms. The van der Waals surface area contributed by atoms with Crippen LogP contribution in [0.5, 0.6) is 0 Å². The molecule has 2 aromatic heterocycles. The summed E-state index contributed by atoms with van der Waals surface area (Å²) in [6.45, 7) is 6.43. The summed E-state index contributed by atoms with van der Waals surface area (Å²) >= 11 is 1.46. The van der Waals surface area contributed by atoms with E-state index in [0.717, 1.165) is 16.1 Å². The Balaban J connectivity index is 1.75. The van der Waals surface area contributed by atoms with Gasteiger partial charge in [0.25, 0.3) is 11.5 Å². The van der Waals surface area contributed by atoms with Crippen molar-refractivity contribution in [3.05, 3.63) is 75.5 Å². The second-order valence-corrected chi connectivity index (χ2v) is 8.25.